The van der Waals surface area contributed by atoms with E-state index >= 15 is 0 Å². The van der Waals surface area contributed by atoms with Gasteiger partial charge in [0, 0.05) is 29.9 Å². The van der Waals surface area contributed by atoms with Gasteiger partial charge in [0.05, 0.1) is 6.10 Å². The average molecular weight is 294 g/mol. The first kappa shape index (κ1) is 14.8. The summed E-state index contributed by atoms with van der Waals surface area (Å²) in [5, 5.41) is 10.1. The third-order valence-electron chi connectivity index (χ3n) is 3.24. The molecule has 2 rings (SSSR count). The van der Waals surface area contributed by atoms with Crippen LogP contribution < -0.4 is 4.90 Å². The van der Waals surface area contributed by atoms with Crippen LogP contribution in [0.2, 0.25) is 5.02 Å². The molecule has 1 atom stereocenters. The molecule has 0 aliphatic rings. The fourth-order valence-electron chi connectivity index (χ4n) is 2.07. The van der Waals surface area contributed by atoms with Gasteiger partial charge < -0.3 is 10.0 Å². The van der Waals surface area contributed by atoms with Gasteiger partial charge in [0.2, 0.25) is 0 Å². The van der Waals surface area contributed by atoms with Crippen LogP contribution >= 0.6 is 11.6 Å². The first-order chi connectivity index (χ1) is 9.49. The van der Waals surface area contributed by atoms with E-state index in [2.05, 4.69) is 0 Å². The molecule has 0 amide bonds. The van der Waals surface area contributed by atoms with Crippen molar-refractivity contribution in [3.63, 3.8) is 0 Å². The summed E-state index contributed by atoms with van der Waals surface area (Å²) in [5.41, 5.74) is 2.20. The smallest absolute Gasteiger partial charge is 0.128 e. The molecule has 2 aromatic carbocycles. The van der Waals surface area contributed by atoms with Crippen LogP contribution in [0.5, 0.6) is 0 Å². The van der Waals surface area contributed by atoms with E-state index in [-0.39, 0.29) is 5.82 Å². The van der Waals surface area contributed by atoms with Gasteiger partial charge >= 0.3 is 0 Å². The standard InChI is InChI=1S/C16H17ClFNO/c1-11(20)14-8-7-13(9-15(14)17)19(2)10-12-5-3-4-6-16(12)18/h3-9,11,20H,10H2,1-2H3. The van der Waals surface area contributed by atoms with E-state index in [9.17, 15) is 9.50 Å². The highest BCUT2D eigenvalue weighted by Crippen LogP contribution is 2.28. The summed E-state index contributed by atoms with van der Waals surface area (Å²) in [4.78, 5) is 1.91. The molecule has 106 valence electrons. The van der Waals surface area contributed by atoms with Gasteiger partial charge in [-0.05, 0) is 30.7 Å². The van der Waals surface area contributed by atoms with Crippen LogP contribution in [-0.4, -0.2) is 12.2 Å². The summed E-state index contributed by atoms with van der Waals surface area (Å²) < 4.78 is 13.6. The highest BCUT2D eigenvalue weighted by Gasteiger charge is 2.10. The zero-order valence-corrected chi connectivity index (χ0v) is 12.2. The summed E-state index contributed by atoms with van der Waals surface area (Å²) >= 11 is 6.14. The Morgan fingerprint density at radius 2 is 1.95 bits per heavy atom. The lowest BCUT2D eigenvalue weighted by molar-refractivity contribution is 0.199. The van der Waals surface area contributed by atoms with Crippen molar-refractivity contribution in [1.29, 1.82) is 0 Å². The molecule has 1 unspecified atom stereocenters. The van der Waals surface area contributed by atoms with E-state index in [1.807, 2.05) is 24.1 Å². The number of aliphatic hydroxyl groups excluding tert-OH is 1. The zero-order valence-electron chi connectivity index (χ0n) is 11.5. The van der Waals surface area contributed by atoms with Crippen LogP contribution in [0.3, 0.4) is 0 Å². The van der Waals surface area contributed by atoms with E-state index in [1.165, 1.54) is 6.07 Å². The second kappa shape index (κ2) is 6.25. The summed E-state index contributed by atoms with van der Waals surface area (Å²) in [7, 11) is 1.88. The molecule has 0 aliphatic carbocycles. The molecule has 0 aliphatic heterocycles. The monoisotopic (exact) mass is 293 g/mol. The minimum atomic E-state index is -0.603. The zero-order chi connectivity index (χ0) is 14.7. The predicted octanol–water partition coefficient (Wildman–Crippen LogP) is 4.17. The molecule has 0 bridgehead atoms. The number of benzene rings is 2. The molecule has 0 saturated carbocycles. The second-order valence-electron chi connectivity index (χ2n) is 4.83. The molecule has 2 nitrogen and oxygen atoms in total. The lowest BCUT2D eigenvalue weighted by Crippen LogP contribution is -2.17. The van der Waals surface area contributed by atoms with E-state index < -0.39 is 6.10 Å². The van der Waals surface area contributed by atoms with Gasteiger partial charge in [-0.3, -0.25) is 0 Å². The topological polar surface area (TPSA) is 23.5 Å². The fraction of sp³-hybridized carbons (Fsp3) is 0.250. The van der Waals surface area contributed by atoms with Crippen molar-refractivity contribution in [2.45, 2.75) is 19.6 Å². The number of halogens is 2. The van der Waals surface area contributed by atoms with Crippen molar-refractivity contribution >= 4 is 17.3 Å². The van der Waals surface area contributed by atoms with Crippen molar-refractivity contribution in [3.8, 4) is 0 Å². The van der Waals surface area contributed by atoms with Crippen LogP contribution in [-0.2, 0) is 6.54 Å². The third-order valence-corrected chi connectivity index (χ3v) is 3.57. The molecular formula is C16H17ClFNO. The third kappa shape index (κ3) is 3.30. The Hall–Kier alpha value is -1.58. The van der Waals surface area contributed by atoms with Crippen molar-refractivity contribution in [3.05, 3.63) is 64.4 Å². The van der Waals surface area contributed by atoms with Gasteiger partial charge in [-0.25, -0.2) is 4.39 Å². The van der Waals surface area contributed by atoms with E-state index in [0.717, 1.165) is 5.69 Å². The number of rotatable bonds is 4. The van der Waals surface area contributed by atoms with Crippen LogP contribution in [0.25, 0.3) is 0 Å². The lowest BCUT2D eigenvalue weighted by Gasteiger charge is -2.21. The Labute approximate surface area is 123 Å². The molecule has 0 heterocycles. The Morgan fingerprint density at radius 3 is 2.55 bits per heavy atom. The number of anilines is 1. The fourth-order valence-corrected chi connectivity index (χ4v) is 2.40. The van der Waals surface area contributed by atoms with Crippen LogP contribution in [0, 0.1) is 5.82 Å². The van der Waals surface area contributed by atoms with Gasteiger partial charge in [0.1, 0.15) is 5.82 Å². The van der Waals surface area contributed by atoms with Crippen LogP contribution in [0.15, 0.2) is 42.5 Å². The maximum Gasteiger partial charge on any atom is 0.128 e. The summed E-state index contributed by atoms with van der Waals surface area (Å²) in [5.74, 6) is -0.217. The molecule has 0 spiro atoms. The molecular weight excluding hydrogens is 277 g/mol. The second-order valence-corrected chi connectivity index (χ2v) is 5.24. The Bertz CT molecular complexity index is 601. The molecule has 0 aromatic heterocycles. The lowest BCUT2D eigenvalue weighted by atomic mass is 10.1. The Kier molecular flexibility index (Phi) is 4.63. The predicted molar refractivity (Wildman–Crippen MR) is 80.6 cm³/mol. The van der Waals surface area contributed by atoms with Crippen LogP contribution in [0.4, 0.5) is 10.1 Å². The van der Waals surface area contributed by atoms with Gasteiger partial charge in [0.15, 0.2) is 0 Å². The first-order valence-electron chi connectivity index (χ1n) is 6.41. The van der Waals surface area contributed by atoms with Gasteiger partial charge in [-0.15, -0.1) is 0 Å². The SMILES string of the molecule is CC(O)c1ccc(N(C)Cc2ccccc2F)cc1Cl. The van der Waals surface area contributed by atoms with Crippen LogP contribution in [0.1, 0.15) is 24.2 Å². The van der Waals surface area contributed by atoms with Crippen molar-refractivity contribution in [2.75, 3.05) is 11.9 Å². The molecule has 0 radical (unpaired) electrons. The van der Waals surface area contributed by atoms with E-state index in [0.29, 0.717) is 22.7 Å². The van der Waals surface area contributed by atoms with Crippen molar-refractivity contribution < 1.29 is 9.50 Å². The average Bonchev–Trinajstić information content (AvgIpc) is 2.40. The van der Waals surface area contributed by atoms with E-state index in [1.54, 1.807) is 31.2 Å². The largest absolute Gasteiger partial charge is 0.389 e. The van der Waals surface area contributed by atoms with E-state index in [4.69, 9.17) is 11.6 Å². The molecule has 4 heteroatoms. The summed E-state index contributed by atoms with van der Waals surface area (Å²) in [6.07, 6.45) is -0.603. The normalized spacial score (nSPS) is 12.2. The molecule has 1 N–H and O–H groups in total. The Morgan fingerprint density at radius 1 is 1.25 bits per heavy atom. The highest BCUT2D eigenvalue weighted by molar-refractivity contribution is 6.31. The minimum Gasteiger partial charge on any atom is -0.389 e. The minimum absolute atomic E-state index is 0.217. The number of aliphatic hydroxyl groups is 1. The summed E-state index contributed by atoms with van der Waals surface area (Å²) in [6.45, 7) is 2.13. The Balaban J connectivity index is 2.20. The quantitative estimate of drug-likeness (QED) is 0.914. The molecule has 0 fully saturated rings. The molecule has 2 aromatic rings. The number of hydrogen-bond donors (Lipinski definition) is 1. The van der Waals surface area contributed by atoms with Gasteiger partial charge in [-0.2, -0.15) is 0 Å². The number of hydrogen-bond acceptors (Lipinski definition) is 2. The molecule has 0 saturated heterocycles. The maximum atomic E-state index is 13.6. The highest BCUT2D eigenvalue weighted by atomic mass is 35.5. The number of nitrogens with zero attached hydrogens (tertiary/aromatic N) is 1. The molecule has 20 heavy (non-hydrogen) atoms. The van der Waals surface area contributed by atoms with Crippen molar-refractivity contribution in [1.82, 2.24) is 0 Å². The van der Waals surface area contributed by atoms with Gasteiger partial charge in [-0.1, -0.05) is 35.9 Å². The van der Waals surface area contributed by atoms with Gasteiger partial charge in [0.25, 0.3) is 0 Å². The van der Waals surface area contributed by atoms with Crippen molar-refractivity contribution in [2.24, 2.45) is 0 Å². The maximum absolute atomic E-state index is 13.6. The first-order valence-corrected chi connectivity index (χ1v) is 6.79. The summed E-state index contributed by atoms with van der Waals surface area (Å²) in [6, 6.07) is 12.1.